The Labute approximate surface area is 252 Å². The van der Waals surface area contributed by atoms with Crippen molar-refractivity contribution in [2.75, 3.05) is 39.9 Å². The first kappa shape index (κ1) is 30.7. The minimum atomic E-state index is -0.785. The number of nitrogens with one attached hydrogen (secondary N) is 3. The van der Waals surface area contributed by atoms with Crippen molar-refractivity contribution < 1.29 is 19.1 Å². The lowest BCUT2D eigenvalue weighted by molar-refractivity contribution is -0.142. The maximum Gasteiger partial charge on any atom is 0.243 e. The van der Waals surface area contributed by atoms with Crippen LogP contribution in [0.3, 0.4) is 0 Å². The number of benzene rings is 1. The molecule has 2 aliphatic rings. The second-order valence-corrected chi connectivity index (χ2v) is 12.1. The number of carbonyl (C=O) groups excluding carboxylic acids is 3. The molecule has 1 saturated heterocycles. The van der Waals surface area contributed by atoms with Crippen molar-refractivity contribution in [3.8, 4) is 0 Å². The van der Waals surface area contributed by atoms with Gasteiger partial charge in [0.25, 0.3) is 0 Å². The van der Waals surface area contributed by atoms with E-state index in [1.807, 2.05) is 58.9 Å². The molecule has 1 unspecified atom stereocenters. The van der Waals surface area contributed by atoms with Crippen LogP contribution < -0.4 is 10.6 Å². The van der Waals surface area contributed by atoms with Crippen LogP contribution in [0, 0.1) is 12.8 Å². The molecule has 5 rings (SSSR count). The number of fused-ring (bicyclic) bond motifs is 2. The summed E-state index contributed by atoms with van der Waals surface area (Å²) < 4.78 is 7.45. The highest BCUT2D eigenvalue weighted by atomic mass is 16.5. The lowest BCUT2D eigenvalue weighted by Crippen LogP contribution is -2.54. The number of nitrogens with zero attached hydrogens (tertiary/aromatic N) is 5. The van der Waals surface area contributed by atoms with Gasteiger partial charge in [0.1, 0.15) is 23.7 Å². The van der Waals surface area contributed by atoms with E-state index in [4.69, 9.17) is 9.72 Å². The van der Waals surface area contributed by atoms with Gasteiger partial charge >= 0.3 is 0 Å². The Morgan fingerprint density at radius 1 is 1.09 bits per heavy atom. The molecule has 3 atom stereocenters. The zero-order valence-electron chi connectivity index (χ0n) is 25.6. The number of ether oxygens (including phenoxy) is 1. The van der Waals surface area contributed by atoms with E-state index >= 15 is 0 Å². The first-order valence-corrected chi connectivity index (χ1v) is 15.3. The van der Waals surface area contributed by atoms with Gasteiger partial charge in [-0.05, 0) is 44.4 Å². The van der Waals surface area contributed by atoms with Crippen molar-refractivity contribution in [2.24, 2.45) is 5.92 Å². The summed E-state index contributed by atoms with van der Waals surface area (Å²) in [7, 11) is 1.94. The molecule has 0 aliphatic carbocycles. The molecule has 0 spiro atoms. The van der Waals surface area contributed by atoms with E-state index in [1.54, 1.807) is 0 Å². The summed E-state index contributed by atoms with van der Waals surface area (Å²) in [6.07, 6.45) is 3.54. The molecule has 3 N–H and O–H groups in total. The molecule has 0 radical (unpaired) electrons. The Hall–Kier alpha value is -3.77. The molecule has 3 aromatic rings. The smallest absolute Gasteiger partial charge is 0.243 e. The second kappa shape index (κ2) is 13.7. The lowest BCUT2D eigenvalue weighted by atomic mass is 10.0. The highest BCUT2D eigenvalue weighted by Gasteiger charge is 2.32. The molecule has 3 amide bonds. The van der Waals surface area contributed by atoms with Crippen LogP contribution in [0.4, 0.5) is 0 Å². The molecule has 0 bridgehead atoms. The highest BCUT2D eigenvalue weighted by molar-refractivity contribution is 5.90. The molecular weight excluding hydrogens is 548 g/mol. The van der Waals surface area contributed by atoms with Crippen LogP contribution in [-0.4, -0.2) is 99.2 Å². The van der Waals surface area contributed by atoms with Gasteiger partial charge in [-0.2, -0.15) is 5.10 Å². The Morgan fingerprint density at radius 2 is 1.91 bits per heavy atom. The second-order valence-electron chi connectivity index (χ2n) is 12.1. The summed E-state index contributed by atoms with van der Waals surface area (Å²) >= 11 is 0. The van der Waals surface area contributed by atoms with Crippen molar-refractivity contribution in [1.29, 1.82) is 0 Å². The van der Waals surface area contributed by atoms with E-state index in [0.29, 0.717) is 70.3 Å². The third kappa shape index (κ3) is 7.42. The maximum atomic E-state index is 13.9. The molecule has 43 heavy (non-hydrogen) atoms. The van der Waals surface area contributed by atoms with Gasteiger partial charge in [0, 0.05) is 49.6 Å². The largest absolute Gasteiger partial charge is 0.378 e. The summed E-state index contributed by atoms with van der Waals surface area (Å²) in [5.74, 6) is 1.02. The Kier molecular flexibility index (Phi) is 9.76. The number of rotatable bonds is 5. The molecular formula is C31H44N8O4. The summed E-state index contributed by atoms with van der Waals surface area (Å²) in [6, 6.07) is 6.35. The van der Waals surface area contributed by atoms with E-state index in [1.165, 1.54) is 0 Å². The zero-order chi connectivity index (χ0) is 30.5. The van der Waals surface area contributed by atoms with Crippen molar-refractivity contribution in [1.82, 2.24) is 40.2 Å². The van der Waals surface area contributed by atoms with Crippen LogP contribution in [-0.2, 0) is 32.1 Å². The van der Waals surface area contributed by atoms with Gasteiger partial charge in [0.05, 0.1) is 25.8 Å². The summed E-state index contributed by atoms with van der Waals surface area (Å²) in [5.41, 5.74) is 1.93. The standard InChI is InChI=1S/C31H44N8O4/c1-20(2)16-25-29-33-21(3)36-39(29)13-12-38(31(42)27-19-43-15-14-37(27)4)11-7-10-28(40)34-26(30(41)35-25)17-22-18-32-24-9-6-5-8-23(22)24/h5-6,8-9,18,20,25-27,32H,7,10-17,19H2,1-4H3,(H,34,40)(H,35,41)/t25?,26-,27+/m1/s1. The Morgan fingerprint density at radius 3 is 2.70 bits per heavy atom. The fourth-order valence-electron chi connectivity index (χ4n) is 6.00. The van der Waals surface area contributed by atoms with E-state index in [2.05, 4.69) is 34.6 Å². The monoisotopic (exact) mass is 592 g/mol. The number of morpholine rings is 1. The third-order valence-electron chi connectivity index (χ3n) is 8.30. The normalized spacial score (nSPS) is 23.1. The Bertz CT molecular complexity index is 1430. The zero-order valence-corrected chi connectivity index (χ0v) is 25.6. The van der Waals surface area contributed by atoms with Gasteiger partial charge < -0.3 is 25.3 Å². The summed E-state index contributed by atoms with van der Waals surface area (Å²) in [6.45, 7) is 8.91. The van der Waals surface area contributed by atoms with Crippen LogP contribution in [0.15, 0.2) is 30.5 Å². The number of amides is 3. The van der Waals surface area contributed by atoms with Crippen molar-refractivity contribution >= 4 is 28.6 Å². The van der Waals surface area contributed by atoms with E-state index < -0.39 is 12.1 Å². The lowest BCUT2D eigenvalue weighted by Gasteiger charge is -2.35. The van der Waals surface area contributed by atoms with Gasteiger partial charge in [0.2, 0.25) is 17.7 Å². The number of hydrogen-bond acceptors (Lipinski definition) is 7. The fourth-order valence-corrected chi connectivity index (χ4v) is 6.00. The van der Waals surface area contributed by atoms with Crippen LogP contribution in [0.1, 0.15) is 56.4 Å². The third-order valence-corrected chi connectivity index (χ3v) is 8.30. The molecule has 1 fully saturated rings. The highest BCUT2D eigenvalue weighted by Crippen LogP contribution is 2.23. The SMILES string of the molecule is Cc1nc2n(n1)CCN(C(=O)[C@@H]1COCCN1C)CCCC(=O)N[C@H](Cc1c[nH]c3ccccc13)C(=O)NC2CC(C)C. The molecule has 1 aromatic carbocycles. The number of H-pyrrole nitrogens is 1. The van der Waals surface area contributed by atoms with E-state index in [9.17, 15) is 14.4 Å². The molecule has 12 nitrogen and oxygen atoms in total. The predicted octanol–water partition coefficient (Wildman–Crippen LogP) is 1.95. The number of aromatic nitrogens is 4. The number of para-hydroxylation sites is 1. The van der Waals surface area contributed by atoms with Crippen LogP contribution in [0.25, 0.3) is 10.9 Å². The molecule has 232 valence electrons. The molecule has 4 heterocycles. The quantitative estimate of drug-likeness (QED) is 0.412. The average Bonchev–Trinajstić information content (AvgIpc) is 3.56. The fraction of sp³-hybridized carbons (Fsp3) is 0.581. The predicted molar refractivity (Wildman–Crippen MR) is 162 cm³/mol. The molecule has 12 heteroatoms. The summed E-state index contributed by atoms with van der Waals surface area (Å²) in [4.78, 5) is 52.7. The van der Waals surface area contributed by atoms with Gasteiger partial charge in [0.15, 0.2) is 0 Å². The Balaban J connectivity index is 1.45. The van der Waals surface area contributed by atoms with E-state index in [0.717, 1.165) is 16.5 Å². The summed E-state index contributed by atoms with van der Waals surface area (Å²) in [5, 5.41) is 11.9. The van der Waals surface area contributed by atoms with Gasteiger partial charge in [-0.25, -0.2) is 9.67 Å². The van der Waals surface area contributed by atoms with Crippen LogP contribution in [0.5, 0.6) is 0 Å². The van der Waals surface area contributed by atoms with Crippen molar-refractivity contribution in [2.45, 2.75) is 71.1 Å². The van der Waals surface area contributed by atoms with Crippen LogP contribution in [0.2, 0.25) is 0 Å². The maximum absolute atomic E-state index is 13.9. The molecule has 2 aromatic heterocycles. The average molecular weight is 593 g/mol. The number of hydrogen-bond donors (Lipinski definition) is 3. The van der Waals surface area contributed by atoms with Gasteiger partial charge in [-0.15, -0.1) is 0 Å². The number of likely N-dealkylation sites (N-methyl/N-ethyl adjacent to an activating group) is 1. The topological polar surface area (TPSA) is 137 Å². The minimum absolute atomic E-state index is 0.0164. The number of carbonyl (C=O) groups is 3. The van der Waals surface area contributed by atoms with Crippen LogP contribution >= 0.6 is 0 Å². The number of aromatic amines is 1. The van der Waals surface area contributed by atoms with Crippen molar-refractivity contribution in [3.05, 3.63) is 47.7 Å². The molecule has 0 saturated carbocycles. The van der Waals surface area contributed by atoms with E-state index in [-0.39, 0.29) is 36.1 Å². The van der Waals surface area contributed by atoms with Gasteiger partial charge in [-0.3, -0.25) is 19.3 Å². The minimum Gasteiger partial charge on any atom is -0.378 e. The van der Waals surface area contributed by atoms with Gasteiger partial charge in [-0.1, -0.05) is 32.0 Å². The van der Waals surface area contributed by atoms with Crippen molar-refractivity contribution in [3.63, 3.8) is 0 Å². The first-order valence-electron chi connectivity index (χ1n) is 15.3. The first-order chi connectivity index (χ1) is 20.7. The number of aryl methyl sites for hydroxylation is 1. The molecule has 2 aliphatic heterocycles.